The molecule has 2 aromatic carbocycles. The van der Waals surface area contributed by atoms with Crippen LogP contribution in [0.5, 0.6) is 17.2 Å². The molecule has 0 spiro atoms. The number of hydrogen-bond acceptors (Lipinski definition) is 6. The van der Waals surface area contributed by atoms with Gasteiger partial charge in [0.25, 0.3) is 11.8 Å². The van der Waals surface area contributed by atoms with Crippen LogP contribution >= 0.6 is 0 Å². The first-order valence-corrected chi connectivity index (χ1v) is 8.70. The van der Waals surface area contributed by atoms with Gasteiger partial charge >= 0.3 is 6.03 Å². The standard InChI is InChI=1S/C21H20N2O6/c1-11-5-12(2)7-14(6-11)23-20(26)15(19(25)22-21(23)27)8-13-9-16(28-3)18(24)17(10-13)29-4/h5-10,24H,1-4H3,(H,22,25,27). The number of nitrogens with one attached hydrogen (secondary N) is 1. The molecule has 2 aromatic rings. The SMILES string of the molecule is COc1cc(C=C2C(=O)NC(=O)N(c3cc(C)cc(C)c3)C2=O)cc(OC)c1O. The molecule has 1 aliphatic rings. The minimum Gasteiger partial charge on any atom is -0.502 e. The van der Waals surface area contributed by atoms with Crippen LogP contribution in [0.1, 0.15) is 16.7 Å². The molecule has 4 amide bonds. The van der Waals surface area contributed by atoms with Crippen LogP contribution in [0.25, 0.3) is 6.08 Å². The fourth-order valence-corrected chi connectivity index (χ4v) is 3.14. The van der Waals surface area contributed by atoms with E-state index in [0.717, 1.165) is 16.0 Å². The molecule has 8 heteroatoms. The maximum absolute atomic E-state index is 13.0. The number of anilines is 1. The Morgan fingerprint density at radius 1 is 0.931 bits per heavy atom. The van der Waals surface area contributed by atoms with Crippen molar-refractivity contribution in [2.24, 2.45) is 0 Å². The number of hydrogen-bond donors (Lipinski definition) is 2. The van der Waals surface area contributed by atoms with Crippen LogP contribution in [-0.2, 0) is 9.59 Å². The Labute approximate surface area is 167 Å². The molecule has 2 N–H and O–H groups in total. The summed E-state index contributed by atoms with van der Waals surface area (Å²) in [4.78, 5) is 38.6. The molecular weight excluding hydrogens is 376 g/mol. The van der Waals surface area contributed by atoms with Crippen molar-refractivity contribution < 1.29 is 29.0 Å². The van der Waals surface area contributed by atoms with E-state index in [-0.39, 0.29) is 22.8 Å². The number of barbiturate groups is 1. The van der Waals surface area contributed by atoms with Gasteiger partial charge in [0.2, 0.25) is 5.75 Å². The Morgan fingerprint density at radius 3 is 2.00 bits per heavy atom. The number of carbonyl (C=O) groups excluding carboxylic acids is 3. The highest BCUT2D eigenvalue weighted by molar-refractivity contribution is 6.39. The lowest BCUT2D eigenvalue weighted by molar-refractivity contribution is -0.122. The molecule has 0 atom stereocenters. The second-order valence-electron chi connectivity index (χ2n) is 6.58. The van der Waals surface area contributed by atoms with Crippen LogP contribution in [0.15, 0.2) is 35.9 Å². The van der Waals surface area contributed by atoms with Crippen LogP contribution in [0.2, 0.25) is 0 Å². The first-order chi connectivity index (χ1) is 13.7. The molecular formula is C21H20N2O6. The molecule has 150 valence electrons. The summed E-state index contributed by atoms with van der Waals surface area (Å²) >= 11 is 0. The van der Waals surface area contributed by atoms with Crippen LogP contribution in [-0.4, -0.2) is 37.2 Å². The van der Waals surface area contributed by atoms with E-state index in [4.69, 9.17) is 9.47 Å². The summed E-state index contributed by atoms with van der Waals surface area (Å²) in [6.07, 6.45) is 1.31. The first kappa shape index (κ1) is 19.9. The van der Waals surface area contributed by atoms with Crippen molar-refractivity contribution in [3.05, 3.63) is 52.6 Å². The minimum absolute atomic E-state index is 0.113. The van der Waals surface area contributed by atoms with Gasteiger partial charge in [-0.2, -0.15) is 0 Å². The number of rotatable bonds is 4. The monoisotopic (exact) mass is 396 g/mol. The zero-order valence-corrected chi connectivity index (χ0v) is 16.4. The molecule has 0 aromatic heterocycles. The van der Waals surface area contributed by atoms with Crippen molar-refractivity contribution >= 4 is 29.6 Å². The zero-order valence-electron chi connectivity index (χ0n) is 16.4. The quantitative estimate of drug-likeness (QED) is 0.608. The maximum atomic E-state index is 13.0. The molecule has 0 saturated carbocycles. The van der Waals surface area contributed by atoms with Gasteiger partial charge in [-0.1, -0.05) is 6.07 Å². The third-order valence-electron chi connectivity index (χ3n) is 4.38. The van der Waals surface area contributed by atoms with Crippen molar-refractivity contribution in [1.29, 1.82) is 0 Å². The third kappa shape index (κ3) is 3.77. The molecule has 1 fully saturated rings. The van der Waals surface area contributed by atoms with Crippen molar-refractivity contribution in [3.8, 4) is 17.2 Å². The number of carbonyl (C=O) groups is 3. The van der Waals surface area contributed by atoms with Crippen molar-refractivity contribution in [2.75, 3.05) is 19.1 Å². The van der Waals surface area contributed by atoms with E-state index in [9.17, 15) is 19.5 Å². The van der Waals surface area contributed by atoms with Crippen LogP contribution in [0.3, 0.4) is 0 Å². The number of aromatic hydroxyl groups is 1. The van der Waals surface area contributed by atoms with Gasteiger partial charge in [-0.05, 0) is 60.9 Å². The molecule has 0 unspecified atom stereocenters. The second kappa shape index (κ2) is 7.67. The highest BCUT2D eigenvalue weighted by Crippen LogP contribution is 2.38. The van der Waals surface area contributed by atoms with Crippen LogP contribution < -0.4 is 19.7 Å². The maximum Gasteiger partial charge on any atom is 0.335 e. The van der Waals surface area contributed by atoms with Gasteiger partial charge < -0.3 is 14.6 Å². The molecule has 0 bridgehead atoms. The lowest BCUT2D eigenvalue weighted by Crippen LogP contribution is -2.54. The van der Waals surface area contributed by atoms with E-state index in [0.29, 0.717) is 11.3 Å². The number of nitrogens with zero attached hydrogens (tertiary/aromatic N) is 1. The number of imide groups is 2. The van der Waals surface area contributed by atoms with Gasteiger partial charge in [0, 0.05) is 0 Å². The summed E-state index contributed by atoms with van der Waals surface area (Å²) in [6.45, 7) is 3.69. The van der Waals surface area contributed by atoms with Gasteiger partial charge in [0.15, 0.2) is 11.5 Å². The van der Waals surface area contributed by atoms with Gasteiger partial charge in [-0.3, -0.25) is 14.9 Å². The highest BCUT2D eigenvalue weighted by Gasteiger charge is 2.37. The lowest BCUT2D eigenvalue weighted by atomic mass is 10.0. The van der Waals surface area contributed by atoms with E-state index in [2.05, 4.69) is 5.32 Å². The van der Waals surface area contributed by atoms with E-state index in [1.807, 2.05) is 19.9 Å². The normalized spacial score (nSPS) is 15.5. The number of amides is 4. The smallest absolute Gasteiger partial charge is 0.335 e. The summed E-state index contributed by atoms with van der Waals surface area (Å²) in [7, 11) is 2.73. The Bertz CT molecular complexity index is 1010. The van der Waals surface area contributed by atoms with Crippen LogP contribution in [0.4, 0.5) is 10.5 Å². The molecule has 0 aliphatic carbocycles. The Morgan fingerprint density at radius 2 is 1.48 bits per heavy atom. The number of methoxy groups -OCH3 is 2. The Kier molecular flexibility index (Phi) is 5.27. The number of benzene rings is 2. The number of aryl methyl sites for hydroxylation is 2. The molecule has 1 aliphatic heterocycles. The number of urea groups is 1. The van der Waals surface area contributed by atoms with Gasteiger partial charge in [-0.15, -0.1) is 0 Å². The number of ether oxygens (including phenoxy) is 2. The van der Waals surface area contributed by atoms with E-state index in [1.165, 1.54) is 32.4 Å². The molecule has 1 heterocycles. The van der Waals surface area contributed by atoms with Gasteiger partial charge in [-0.25, -0.2) is 9.69 Å². The second-order valence-corrected chi connectivity index (χ2v) is 6.58. The summed E-state index contributed by atoms with van der Waals surface area (Å²) in [6, 6.07) is 7.36. The topological polar surface area (TPSA) is 105 Å². The summed E-state index contributed by atoms with van der Waals surface area (Å²) in [5, 5.41) is 12.2. The third-order valence-corrected chi connectivity index (χ3v) is 4.38. The van der Waals surface area contributed by atoms with Gasteiger partial charge in [0.1, 0.15) is 5.57 Å². The number of phenolic OH excluding ortho intramolecular Hbond substituents is 1. The highest BCUT2D eigenvalue weighted by atomic mass is 16.5. The van der Waals surface area contributed by atoms with E-state index < -0.39 is 17.8 Å². The largest absolute Gasteiger partial charge is 0.502 e. The van der Waals surface area contributed by atoms with E-state index in [1.54, 1.807) is 12.1 Å². The molecule has 1 saturated heterocycles. The molecule has 29 heavy (non-hydrogen) atoms. The summed E-state index contributed by atoms with van der Waals surface area (Å²) < 4.78 is 10.2. The van der Waals surface area contributed by atoms with Crippen molar-refractivity contribution in [3.63, 3.8) is 0 Å². The predicted octanol–water partition coefficient (Wildman–Crippen LogP) is 2.69. The number of phenols is 1. The first-order valence-electron chi connectivity index (χ1n) is 8.70. The van der Waals surface area contributed by atoms with Crippen molar-refractivity contribution in [2.45, 2.75) is 13.8 Å². The Hall–Kier alpha value is -3.81. The van der Waals surface area contributed by atoms with Crippen LogP contribution in [0, 0.1) is 13.8 Å². The molecule has 3 rings (SSSR count). The zero-order chi connectivity index (χ0) is 21.3. The molecule has 8 nitrogen and oxygen atoms in total. The fraction of sp³-hybridized carbons (Fsp3) is 0.190. The van der Waals surface area contributed by atoms with Gasteiger partial charge in [0.05, 0.1) is 19.9 Å². The van der Waals surface area contributed by atoms with Crippen molar-refractivity contribution in [1.82, 2.24) is 5.32 Å². The lowest BCUT2D eigenvalue weighted by Gasteiger charge is -2.27. The summed E-state index contributed by atoms with van der Waals surface area (Å²) in [5.74, 6) is -1.55. The average molecular weight is 396 g/mol. The minimum atomic E-state index is -0.817. The summed E-state index contributed by atoms with van der Waals surface area (Å²) in [5.41, 5.74) is 2.25. The van der Waals surface area contributed by atoms with E-state index >= 15 is 0 Å². The fourth-order valence-electron chi connectivity index (χ4n) is 3.14. The molecule has 0 radical (unpaired) electrons. The Balaban J connectivity index is 2.08. The average Bonchev–Trinajstić information content (AvgIpc) is 2.65. The predicted molar refractivity (Wildman–Crippen MR) is 106 cm³/mol.